The smallest absolute Gasteiger partial charge is 0.350 e. The Morgan fingerprint density at radius 2 is 1.87 bits per heavy atom. The number of carbonyl (C=O) groups is 2. The lowest BCUT2D eigenvalue weighted by Crippen LogP contribution is -2.52. The van der Waals surface area contributed by atoms with E-state index in [0.29, 0.717) is 27.3 Å². The van der Waals surface area contributed by atoms with E-state index in [1.165, 1.54) is 16.9 Å². The monoisotopic (exact) mass is 569 g/mol. The molecule has 0 unspecified atom stereocenters. The van der Waals surface area contributed by atoms with Crippen molar-refractivity contribution < 1.29 is 27.2 Å². The molecular formula is C23H17Cl2F4N7O2. The van der Waals surface area contributed by atoms with Crippen molar-refractivity contribution in [2.24, 2.45) is 7.05 Å². The van der Waals surface area contributed by atoms with Gasteiger partial charge in [0, 0.05) is 28.2 Å². The zero-order valence-electron chi connectivity index (χ0n) is 19.4. The molecular weight excluding hydrogens is 553 g/mol. The Morgan fingerprint density at radius 1 is 1.13 bits per heavy atom. The highest BCUT2D eigenvalue weighted by Crippen LogP contribution is 2.40. The minimum atomic E-state index is -5.12. The van der Waals surface area contributed by atoms with Crippen LogP contribution < -0.4 is 10.6 Å². The molecule has 2 heterocycles. The fourth-order valence-corrected chi connectivity index (χ4v) is 4.55. The molecule has 0 bridgehead atoms. The molecule has 0 atom stereocenters. The SMILES string of the molecule is Cn1nnc(-c2c(Cl)c3cc(Cl)ccc3n2-c2ccc(CNC(=O)C3(NC(=O)C(F)(F)F)CC3)c(F)c2)n1. The second kappa shape index (κ2) is 9.24. The average Bonchev–Trinajstić information content (AvgIpc) is 3.42. The van der Waals surface area contributed by atoms with Crippen LogP contribution in [0.15, 0.2) is 36.4 Å². The van der Waals surface area contributed by atoms with Gasteiger partial charge in [0.15, 0.2) is 0 Å². The molecule has 9 nitrogen and oxygen atoms in total. The molecule has 198 valence electrons. The third-order valence-electron chi connectivity index (χ3n) is 6.12. The highest BCUT2D eigenvalue weighted by molar-refractivity contribution is 6.39. The molecule has 0 radical (unpaired) electrons. The summed E-state index contributed by atoms with van der Waals surface area (Å²) in [5.41, 5.74) is -0.267. The number of nitrogens with zero attached hydrogens (tertiary/aromatic N) is 5. The molecule has 5 rings (SSSR count). The minimum absolute atomic E-state index is 0.0484. The molecule has 15 heteroatoms. The number of aryl methyl sites for hydroxylation is 1. The van der Waals surface area contributed by atoms with Crippen LogP contribution in [0.25, 0.3) is 28.1 Å². The van der Waals surface area contributed by atoms with Crippen molar-refractivity contribution in [1.82, 2.24) is 35.4 Å². The quantitative estimate of drug-likeness (QED) is 0.340. The molecule has 1 fully saturated rings. The van der Waals surface area contributed by atoms with Gasteiger partial charge in [0.05, 0.1) is 17.6 Å². The fraction of sp³-hybridized carbons (Fsp3) is 0.261. The van der Waals surface area contributed by atoms with Gasteiger partial charge in [-0.2, -0.15) is 18.0 Å². The van der Waals surface area contributed by atoms with E-state index in [4.69, 9.17) is 23.2 Å². The number of halogens is 6. The summed E-state index contributed by atoms with van der Waals surface area (Å²) in [6, 6.07) is 9.22. The van der Waals surface area contributed by atoms with Gasteiger partial charge in [0.25, 0.3) is 0 Å². The van der Waals surface area contributed by atoms with Crippen LogP contribution in [-0.4, -0.2) is 48.3 Å². The first kappa shape index (κ1) is 25.9. The van der Waals surface area contributed by atoms with Crippen LogP contribution in [0, 0.1) is 5.82 Å². The first-order valence-electron chi connectivity index (χ1n) is 11.1. The lowest BCUT2D eigenvalue weighted by molar-refractivity contribution is -0.175. The molecule has 2 amide bonds. The third-order valence-corrected chi connectivity index (χ3v) is 6.73. The van der Waals surface area contributed by atoms with Gasteiger partial charge in [-0.15, -0.1) is 10.2 Å². The molecule has 2 N–H and O–H groups in total. The fourth-order valence-electron chi connectivity index (χ4n) is 4.06. The van der Waals surface area contributed by atoms with Crippen LogP contribution >= 0.6 is 23.2 Å². The van der Waals surface area contributed by atoms with E-state index in [-0.39, 0.29) is 35.8 Å². The van der Waals surface area contributed by atoms with Crippen molar-refractivity contribution in [3.8, 4) is 17.2 Å². The van der Waals surface area contributed by atoms with Crippen LogP contribution in [0.4, 0.5) is 17.6 Å². The van der Waals surface area contributed by atoms with Crippen LogP contribution in [-0.2, 0) is 23.2 Å². The molecule has 38 heavy (non-hydrogen) atoms. The van der Waals surface area contributed by atoms with Gasteiger partial charge in [0.2, 0.25) is 11.7 Å². The zero-order valence-corrected chi connectivity index (χ0v) is 20.9. The number of carbonyl (C=O) groups excluding carboxylic acids is 2. The van der Waals surface area contributed by atoms with E-state index in [0.717, 1.165) is 0 Å². The number of hydrogen-bond acceptors (Lipinski definition) is 5. The normalized spacial score (nSPS) is 14.5. The molecule has 0 spiro atoms. The van der Waals surface area contributed by atoms with Gasteiger partial charge in [-0.05, 0) is 48.4 Å². The lowest BCUT2D eigenvalue weighted by Gasteiger charge is -2.18. The van der Waals surface area contributed by atoms with Crippen LogP contribution in [0.2, 0.25) is 10.0 Å². The second-order valence-electron chi connectivity index (χ2n) is 8.75. The maximum Gasteiger partial charge on any atom is 0.471 e. The number of nitrogens with one attached hydrogen (secondary N) is 2. The Kier molecular flexibility index (Phi) is 6.30. The molecule has 2 aromatic carbocycles. The molecule has 0 saturated heterocycles. The van der Waals surface area contributed by atoms with E-state index in [2.05, 4.69) is 20.7 Å². The van der Waals surface area contributed by atoms with Gasteiger partial charge in [-0.3, -0.25) is 9.59 Å². The number of alkyl halides is 3. The highest BCUT2D eigenvalue weighted by atomic mass is 35.5. The number of hydrogen-bond donors (Lipinski definition) is 2. The zero-order chi connectivity index (χ0) is 27.4. The summed E-state index contributed by atoms with van der Waals surface area (Å²) in [5.74, 6) is -3.53. The molecule has 1 saturated carbocycles. The maximum absolute atomic E-state index is 15.2. The van der Waals surface area contributed by atoms with Gasteiger partial charge < -0.3 is 15.2 Å². The van der Waals surface area contributed by atoms with Gasteiger partial charge in [0.1, 0.15) is 17.1 Å². The average molecular weight is 570 g/mol. The Labute approximate surface area is 221 Å². The number of fused-ring (bicyclic) bond motifs is 1. The largest absolute Gasteiger partial charge is 0.471 e. The molecule has 2 aromatic heterocycles. The Balaban J connectivity index is 1.43. The van der Waals surface area contributed by atoms with Gasteiger partial charge in [-0.25, -0.2) is 4.39 Å². The predicted molar refractivity (Wildman–Crippen MR) is 129 cm³/mol. The predicted octanol–water partition coefficient (Wildman–Crippen LogP) is 4.09. The summed E-state index contributed by atoms with van der Waals surface area (Å²) in [6.07, 6.45) is -5.02. The molecule has 0 aliphatic heterocycles. The number of tetrazole rings is 1. The van der Waals surface area contributed by atoms with Crippen molar-refractivity contribution >= 4 is 45.9 Å². The molecule has 1 aliphatic rings. The minimum Gasteiger partial charge on any atom is -0.350 e. The molecule has 4 aromatic rings. The third kappa shape index (κ3) is 4.67. The summed E-state index contributed by atoms with van der Waals surface area (Å²) >= 11 is 12.8. The standard InChI is InChI=1S/C23H17Cl2F4N7O2/c1-35-33-19(32-34-35)18-17(25)14-8-12(24)3-5-16(14)36(18)13-4-2-11(15(26)9-13)10-30-20(37)22(6-7-22)31-21(38)23(27,28)29/h2-5,8-9H,6-7,10H2,1H3,(H,30,37)(H,31,38). The first-order chi connectivity index (χ1) is 17.9. The van der Waals surface area contributed by atoms with E-state index < -0.39 is 29.3 Å². The second-order valence-corrected chi connectivity index (χ2v) is 9.57. The maximum atomic E-state index is 15.2. The first-order valence-corrected chi connectivity index (χ1v) is 11.9. The van der Waals surface area contributed by atoms with E-state index in [1.54, 1.807) is 41.2 Å². The van der Waals surface area contributed by atoms with E-state index in [9.17, 15) is 22.8 Å². The number of aromatic nitrogens is 5. The van der Waals surface area contributed by atoms with Crippen molar-refractivity contribution in [2.45, 2.75) is 31.1 Å². The summed E-state index contributed by atoms with van der Waals surface area (Å²) in [5, 5.41) is 17.5. The molecule has 1 aliphatic carbocycles. The lowest BCUT2D eigenvalue weighted by atomic mass is 10.1. The van der Waals surface area contributed by atoms with Crippen molar-refractivity contribution in [3.05, 3.63) is 57.8 Å². The summed E-state index contributed by atoms with van der Waals surface area (Å²) in [7, 11) is 1.58. The van der Waals surface area contributed by atoms with E-state index >= 15 is 4.39 Å². The van der Waals surface area contributed by atoms with Crippen LogP contribution in [0.5, 0.6) is 0 Å². The van der Waals surface area contributed by atoms with Crippen LogP contribution in [0.3, 0.4) is 0 Å². The summed E-state index contributed by atoms with van der Waals surface area (Å²) in [4.78, 5) is 25.0. The van der Waals surface area contributed by atoms with E-state index in [1.807, 2.05) is 0 Å². The van der Waals surface area contributed by atoms with Crippen LogP contribution in [0.1, 0.15) is 18.4 Å². The van der Waals surface area contributed by atoms with Crippen molar-refractivity contribution in [2.75, 3.05) is 0 Å². The Hall–Kier alpha value is -3.71. The summed E-state index contributed by atoms with van der Waals surface area (Å²) in [6.45, 7) is -0.310. The number of amides is 2. The number of benzene rings is 2. The highest BCUT2D eigenvalue weighted by Gasteiger charge is 2.54. The van der Waals surface area contributed by atoms with Crippen molar-refractivity contribution in [3.63, 3.8) is 0 Å². The van der Waals surface area contributed by atoms with Gasteiger partial charge >= 0.3 is 12.1 Å². The Bertz CT molecular complexity index is 1590. The van der Waals surface area contributed by atoms with Crippen molar-refractivity contribution in [1.29, 1.82) is 0 Å². The summed E-state index contributed by atoms with van der Waals surface area (Å²) < 4.78 is 54.6. The Morgan fingerprint density at radius 3 is 2.47 bits per heavy atom. The topological polar surface area (TPSA) is 107 Å². The van der Waals surface area contributed by atoms with Gasteiger partial charge in [-0.1, -0.05) is 29.3 Å². The number of rotatable bonds is 6.